The van der Waals surface area contributed by atoms with Crippen LogP contribution in [0.4, 0.5) is 0 Å². The lowest BCUT2D eigenvalue weighted by atomic mass is 9.98. The molecule has 0 amide bonds. The molecule has 3 heterocycles. The predicted octanol–water partition coefficient (Wildman–Crippen LogP) is 15.0. The normalized spacial score (nSPS) is 11.5. The maximum Gasteiger partial charge on any atom is 0.160 e. The minimum Gasteiger partial charge on any atom is -0.309 e. The molecule has 0 spiro atoms. The molecule has 0 unspecified atom stereocenters. The Hall–Kier alpha value is -8.34. The van der Waals surface area contributed by atoms with E-state index in [4.69, 9.17) is 9.97 Å². The Morgan fingerprint density at radius 1 is 0.242 bits per heavy atom. The number of nitrogens with zero attached hydrogens (tertiary/aromatic N) is 4. The topological polar surface area (TPSA) is 35.6 Å². The van der Waals surface area contributed by atoms with Gasteiger partial charge < -0.3 is 9.13 Å². The smallest absolute Gasteiger partial charge is 0.160 e. The van der Waals surface area contributed by atoms with Crippen molar-refractivity contribution >= 4 is 43.6 Å². The van der Waals surface area contributed by atoms with Crippen molar-refractivity contribution in [3.8, 4) is 67.5 Å². The van der Waals surface area contributed by atoms with Gasteiger partial charge in [0, 0.05) is 49.6 Å². The third-order valence-electron chi connectivity index (χ3n) is 12.2. The first-order valence-corrected chi connectivity index (χ1v) is 21.1. The van der Waals surface area contributed by atoms with Gasteiger partial charge in [0.15, 0.2) is 5.82 Å². The number of benzene rings is 9. The van der Waals surface area contributed by atoms with E-state index in [9.17, 15) is 0 Å². The number of para-hydroxylation sites is 3. The van der Waals surface area contributed by atoms with Crippen LogP contribution in [0.1, 0.15) is 0 Å². The van der Waals surface area contributed by atoms with Crippen LogP contribution in [0.2, 0.25) is 0 Å². The Morgan fingerprint density at radius 2 is 0.613 bits per heavy atom. The van der Waals surface area contributed by atoms with E-state index in [0.717, 1.165) is 45.0 Å². The van der Waals surface area contributed by atoms with Crippen LogP contribution in [0.15, 0.2) is 231 Å². The van der Waals surface area contributed by atoms with Crippen molar-refractivity contribution in [3.63, 3.8) is 0 Å². The van der Waals surface area contributed by atoms with Crippen LogP contribution in [0.25, 0.3) is 111 Å². The summed E-state index contributed by atoms with van der Waals surface area (Å²) in [6.45, 7) is 0. The molecule has 4 nitrogen and oxygen atoms in total. The average Bonchev–Trinajstić information content (AvgIpc) is 3.87. The maximum absolute atomic E-state index is 5.08. The lowest BCUT2D eigenvalue weighted by molar-refractivity contribution is 1.16. The first kappa shape index (κ1) is 35.6. The number of hydrogen-bond acceptors (Lipinski definition) is 2. The summed E-state index contributed by atoms with van der Waals surface area (Å²) in [5, 5.41) is 4.96. The van der Waals surface area contributed by atoms with Gasteiger partial charge in [-0.15, -0.1) is 0 Å². The van der Waals surface area contributed by atoms with E-state index in [1.807, 2.05) is 36.4 Å². The van der Waals surface area contributed by atoms with E-state index in [1.54, 1.807) is 0 Å². The first-order valence-electron chi connectivity index (χ1n) is 21.1. The second-order valence-electron chi connectivity index (χ2n) is 15.8. The molecular weight excluding hydrogens is 753 g/mol. The minimum absolute atomic E-state index is 0.697. The minimum atomic E-state index is 0.697. The third kappa shape index (κ3) is 6.08. The van der Waals surface area contributed by atoms with Gasteiger partial charge in [0.1, 0.15) is 0 Å². The second kappa shape index (κ2) is 14.7. The first-order chi connectivity index (χ1) is 30.7. The van der Waals surface area contributed by atoms with Gasteiger partial charge in [0.2, 0.25) is 0 Å². The monoisotopic (exact) mass is 790 g/mol. The molecule has 0 fully saturated rings. The van der Waals surface area contributed by atoms with Gasteiger partial charge >= 0.3 is 0 Å². The van der Waals surface area contributed by atoms with Crippen LogP contribution in [-0.2, 0) is 0 Å². The fourth-order valence-corrected chi connectivity index (χ4v) is 9.14. The van der Waals surface area contributed by atoms with Crippen LogP contribution < -0.4 is 0 Å². The molecule has 0 radical (unpaired) electrons. The average molecular weight is 791 g/mol. The van der Waals surface area contributed by atoms with Gasteiger partial charge in [0.05, 0.1) is 33.5 Å². The summed E-state index contributed by atoms with van der Waals surface area (Å²) in [6, 6.07) is 82.2. The van der Waals surface area contributed by atoms with Crippen molar-refractivity contribution in [1.29, 1.82) is 0 Å². The zero-order valence-electron chi connectivity index (χ0n) is 33.7. The maximum atomic E-state index is 5.08. The van der Waals surface area contributed by atoms with Crippen molar-refractivity contribution in [1.82, 2.24) is 19.1 Å². The fraction of sp³-hybridized carbons (Fsp3) is 0. The van der Waals surface area contributed by atoms with Crippen LogP contribution in [0.3, 0.4) is 0 Å². The largest absolute Gasteiger partial charge is 0.309 e. The highest BCUT2D eigenvalue weighted by molar-refractivity contribution is 6.11. The van der Waals surface area contributed by atoms with Gasteiger partial charge in [-0.3, -0.25) is 0 Å². The Bertz CT molecular complexity index is 3530. The van der Waals surface area contributed by atoms with Crippen molar-refractivity contribution < 1.29 is 0 Å². The summed E-state index contributed by atoms with van der Waals surface area (Å²) in [5.41, 5.74) is 16.6. The van der Waals surface area contributed by atoms with Crippen LogP contribution in [-0.4, -0.2) is 19.1 Å². The van der Waals surface area contributed by atoms with E-state index in [1.165, 1.54) is 60.3 Å². The molecule has 0 saturated heterocycles. The molecule has 0 aliphatic carbocycles. The molecule has 0 aliphatic heterocycles. The van der Waals surface area contributed by atoms with E-state index in [0.29, 0.717) is 5.82 Å². The molecule has 0 N–H and O–H groups in total. The molecule has 0 bridgehead atoms. The number of fused-ring (bicyclic) bond motifs is 6. The SMILES string of the molecule is c1ccc(-c2cc(-c3ccccc3)nc(-c3ccc(-n4c5ccccc5c5ccc(-c6ccc(-c7ccc8c9ccccc9n(-c9ccccc9)c8c7)cc6)cc54)cc3)n2)cc1. The molecule has 3 aromatic heterocycles. The quantitative estimate of drug-likeness (QED) is 0.161. The Balaban J connectivity index is 0.914. The molecule has 290 valence electrons. The van der Waals surface area contributed by atoms with Gasteiger partial charge in [-0.05, 0) is 89.0 Å². The fourth-order valence-electron chi connectivity index (χ4n) is 9.14. The molecule has 4 heteroatoms. The van der Waals surface area contributed by atoms with E-state index >= 15 is 0 Å². The molecule has 9 aromatic carbocycles. The summed E-state index contributed by atoms with van der Waals surface area (Å²) < 4.78 is 4.76. The molecule has 12 rings (SSSR count). The van der Waals surface area contributed by atoms with Crippen molar-refractivity contribution in [2.24, 2.45) is 0 Å². The standard InChI is InChI=1S/C58H38N4/c1-4-14-41(15-5-1)52-38-53(42-16-6-2-7-17-42)60-58(59-52)43-28-32-47(33-29-43)62-55-23-13-11-21-49(55)51-35-31-45(37-57(51)62)40-26-24-39(25-27-40)44-30-34-50-48-20-10-12-22-54(48)61(56(50)36-44)46-18-8-3-9-19-46/h1-38H. The van der Waals surface area contributed by atoms with Gasteiger partial charge in [-0.25, -0.2) is 9.97 Å². The lowest BCUT2D eigenvalue weighted by Gasteiger charge is -2.12. The van der Waals surface area contributed by atoms with Crippen LogP contribution >= 0.6 is 0 Å². The summed E-state index contributed by atoms with van der Waals surface area (Å²) in [5.74, 6) is 0.697. The third-order valence-corrected chi connectivity index (χ3v) is 12.2. The van der Waals surface area contributed by atoms with Gasteiger partial charge in [0.25, 0.3) is 0 Å². The molecule has 0 saturated carbocycles. The Kier molecular flexibility index (Phi) is 8.46. The highest BCUT2D eigenvalue weighted by Gasteiger charge is 2.17. The number of rotatable bonds is 7. The Labute approximate surface area is 359 Å². The zero-order chi connectivity index (χ0) is 41.0. The summed E-state index contributed by atoms with van der Waals surface area (Å²) >= 11 is 0. The van der Waals surface area contributed by atoms with E-state index in [-0.39, 0.29) is 0 Å². The van der Waals surface area contributed by atoms with Crippen LogP contribution in [0, 0.1) is 0 Å². The molecular formula is C58H38N4. The highest BCUT2D eigenvalue weighted by atomic mass is 15.0. The van der Waals surface area contributed by atoms with Crippen molar-refractivity contribution in [2.75, 3.05) is 0 Å². The van der Waals surface area contributed by atoms with Crippen molar-refractivity contribution in [3.05, 3.63) is 231 Å². The highest BCUT2D eigenvalue weighted by Crippen LogP contribution is 2.38. The van der Waals surface area contributed by atoms with E-state index < -0.39 is 0 Å². The second-order valence-corrected chi connectivity index (χ2v) is 15.8. The number of aromatic nitrogens is 4. The lowest BCUT2D eigenvalue weighted by Crippen LogP contribution is -1.97. The van der Waals surface area contributed by atoms with Crippen LogP contribution in [0.5, 0.6) is 0 Å². The zero-order valence-corrected chi connectivity index (χ0v) is 33.7. The summed E-state index contributed by atoms with van der Waals surface area (Å²) in [6.07, 6.45) is 0. The Morgan fingerprint density at radius 3 is 1.10 bits per heavy atom. The van der Waals surface area contributed by atoms with Crippen molar-refractivity contribution in [2.45, 2.75) is 0 Å². The number of hydrogen-bond donors (Lipinski definition) is 0. The van der Waals surface area contributed by atoms with Gasteiger partial charge in [-0.1, -0.05) is 164 Å². The predicted molar refractivity (Wildman–Crippen MR) is 258 cm³/mol. The molecule has 0 atom stereocenters. The molecule has 0 aliphatic rings. The summed E-state index contributed by atoms with van der Waals surface area (Å²) in [7, 11) is 0. The summed E-state index contributed by atoms with van der Waals surface area (Å²) in [4.78, 5) is 10.2. The van der Waals surface area contributed by atoms with Gasteiger partial charge in [-0.2, -0.15) is 0 Å². The molecule has 12 aromatic rings. The van der Waals surface area contributed by atoms with E-state index in [2.05, 4.69) is 203 Å². The molecule has 62 heavy (non-hydrogen) atoms.